The summed E-state index contributed by atoms with van der Waals surface area (Å²) in [7, 11) is 0. The van der Waals surface area contributed by atoms with Crippen LogP contribution in [0.15, 0.2) is 24.3 Å². The van der Waals surface area contributed by atoms with Gasteiger partial charge in [-0.1, -0.05) is 23.7 Å². The molecule has 0 aromatic heterocycles. The fourth-order valence-electron chi connectivity index (χ4n) is 3.33. The molecule has 3 amide bonds. The number of benzene rings is 1. The van der Waals surface area contributed by atoms with Crippen molar-refractivity contribution in [3.8, 4) is 0 Å². The number of urea groups is 1. The fourth-order valence-corrected chi connectivity index (χ4v) is 3.51. The van der Waals surface area contributed by atoms with Crippen molar-refractivity contribution in [2.24, 2.45) is 0 Å². The van der Waals surface area contributed by atoms with E-state index in [9.17, 15) is 9.59 Å². The fraction of sp³-hybridized carbons (Fsp3) is 0.556. The van der Waals surface area contributed by atoms with Gasteiger partial charge >= 0.3 is 6.03 Å². The van der Waals surface area contributed by atoms with Crippen LogP contribution in [0.1, 0.15) is 6.92 Å². The molecular formula is C18H26ClN5O2. The Bertz CT molecular complexity index is 648. The summed E-state index contributed by atoms with van der Waals surface area (Å²) in [4.78, 5) is 30.5. The molecule has 2 aliphatic heterocycles. The average Bonchev–Trinajstić information content (AvgIpc) is 3.06. The lowest BCUT2D eigenvalue weighted by Gasteiger charge is -2.37. The zero-order valence-corrected chi connectivity index (χ0v) is 15.8. The lowest BCUT2D eigenvalue weighted by atomic mass is 10.2. The van der Waals surface area contributed by atoms with Crippen LogP contribution < -0.4 is 10.6 Å². The molecule has 0 bridgehead atoms. The van der Waals surface area contributed by atoms with E-state index in [1.165, 1.54) is 0 Å². The van der Waals surface area contributed by atoms with Crippen molar-refractivity contribution in [3.63, 3.8) is 0 Å². The van der Waals surface area contributed by atoms with Crippen LogP contribution in [0.25, 0.3) is 0 Å². The van der Waals surface area contributed by atoms with E-state index in [2.05, 4.69) is 20.4 Å². The lowest BCUT2D eigenvalue weighted by molar-refractivity contribution is -0.121. The standard InChI is InChI=1S/C18H26ClN5O2/c1-14(17(25)21-16-5-3-2-4-15(16)19)23-11-8-22(9-12-23)10-13-24-7-6-20-18(24)26/h2-5,14H,6-13H2,1H3,(H,20,26)(H,21,25)/t14-/m0/s1. The van der Waals surface area contributed by atoms with E-state index in [1.807, 2.05) is 24.0 Å². The molecular weight excluding hydrogens is 354 g/mol. The quantitative estimate of drug-likeness (QED) is 0.782. The highest BCUT2D eigenvalue weighted by Crippen LogP contribution is 2.21. The highest BCUT2D eigenvalue weighted by atomic mass is 35.5. The number of hydrogen-bond donors (Lipinski definition) is 2. The number of amides is 3. The molecule has 8 heteroatoms. The largest absolute Gasteiger partial charge is 0.336 e. The third kappa shape index (κ3) is 4.66. The minimum absolute atomic E-state index is 0.0357. The van der Waals surface area contributed by atoms with Gasteiger partial charge in [-0.25, -0.2) is 4.79 Å². The number of carbonyl (C=O) groups excluding carboxylic acids is 2. The molecule has 2 fully saturated rings. The van der Waals surface area contributed by atoms with Gasteiger partial charge in [-0.15, -0.1) is 0 Å². The first-order valence-electron chi connectivity index (χ1n) is 9.09. The van der Waals surface area contributed by atoms with E-state index in [0.717, 1.165) is 52.4 Å². The first-order valence-corrected chi connectivity index (χ1v) is 9.47. The van der Waals surface area contributed by atoms with E-state index in [1.54, 1.807) is 12.1 Å². The Morgan fingerprint density at radius 2 is 1.92 bits per heavy atom. The van der Waals surface area contributed by atoms with Crippen molar-refractivity contribution in [2.45, 2.75) is 13.0 Å². The smallest absolute Gasteiger partial charge is 0.317 e. The van der Waals surface area contributed by atoms with Crippen LogP contribution in [0, 0.1) is 0 Å². The Morgan fingerprint density at radius 3 is 2.58 bits per heavy atom. The molecule has 2 saturated heterocycles. The van der Waals surface area contributed by atoms with Gasteiger partial charge in [0.05, 0.1) is 16.8 Å². The van der Waals surface area contributed by atoms with Gasteiger partial charge in [0.15, 0.2) is 0 Å². The Morgan fingerprint density at radius 1 is 1.19 bits per heavy atom. The highest BCUT2D eigenvalue weighted by molar-refractivity contribution is 6.33. The number of nitrogens with one attached hydrogen (secondary N) is 2. The summed E-state index contributed by atoms with van der Waals surface area (Å²) in [6, 6.07) is 7.09. The summed E-state index contributed by atoms with van der Waals surface area (Å²) in [6.07, 6.45) is 0. The Balaban J connectivity index is 1.43. The average molecular weight is 380 g/mol. The normalized spacial score (nSPS) is 20.1. The second kappa shape index (κ2) is 8.70. The van der Waals surface area contributed by atoms with E-state index >= 15 is 0 Å². The minimum atomic E-state index is -0.210. The molecule has 26 heavy (non-hydrogen) atoms. The van der Waals surface area contributed by atoms with Crippen molar-refractivity contribution in [2.75, 3.05) is 57.7 Å². The highest BCUT2D eigenvalue weighted by Gasteiger charge is 2.27. The van der Waals surface area contributed by atoms with Crippen LogP contribution in [0.4, 0.5) is 10.5 Å². The summed E-state index contributed by atoms with van der Waals surface area (Å²) in [5, 5.41) is 6.28. The number of para-hydroxylation sites is 1. The molecule has 0 saturated carbocycles. The molecule has 1 atom stereocenters. The maximum Gasteiger partial charge on any atom is 0.317 e. The van der Waals surface area contributed by atoms with Gasteiger partial charge in [0.25, 0.3) is 0 Å². The molecule has 0 radical (unpaired) electrons. The van der Waals surface area contributed by atoms with Gasteiger partial charge in [0.2, 0.25) is 5.91 Å². The summed E-state index contributed by atoms with van der Waals surface area (Å²) < 4.78 is 0. The number of rotatable bonds is 6. The first-order chi connectivity index (χ1) is 12.5. The molecule has 0 aliphatic carbocycles. The van der Waals surface area contributed by atoms with Crippen LogP contribution >= 0.6 is 11.6 Å². The molecule has 0 spiro atoms. The number of halogens is 1. The number of hydrogen-bond acceptors (Lipinski definition) is 4. The third-order valence-corrected chi connectivity index (χ3v) is 5.43. The zero-order chi connectivity index (χ0) is 18.5. The predicted molar refractivity (Wildman–Crippen MR) is 103 cm³/mol. The number of anilines is 1. The van der Waals surface area contributed by atoms with Crippen LogP contribution in [-0.4, -0.2) is 85.0 Å². The molecule has 2 aliphatic rings. The van der Waals surface area contributed by atoms with Crippen molar-refractivity contribution < 1.29 is 9.59 Å². The first kappa shape index (κ1) is 18.9. The van der Waals surface area contributed by atoms with Gasteiger partial charge in [-0.3, -0.25) is 14.6 Å². The van der Waals surface area contributed by atoms with E-state index < -0.39 is 0 Å². The Hall–Kier alpha value is -1.83. The maximum atomic E-state index is 12.5. The minimum Gasteiger partial charge on any atom is -0.336 e. The second-order valence-electron chi connectivity index (χ2n) is 6.74. The predicted octanol–water partition coefficient (Wildman–Crippen LogP) is 1.31. The van der Waals surface area contributed by atoms with Crippen LogP contribution in [-0.2, 0) is 4.79 Å². The molecule has 1 aromatic carbocycles. The lowest BCUT2D eigenvalue weighted by Crippen LogP contribution is -2.53. The van der Waals surface area contributed by atoms with Crippen molar-refractivity contribution in [1.82, 2.24) is 20.0 Å². The van der Waals surface area contributed by atoms with Gasteiger partial charge < -0.3 is 15.5 Å². The van der Waals surface area contributed by atoms with Crippen LogP contribution in [0.3, 0.4) is 0 Å². The van der Waals surface area contributed by atoms with Crippen molar-refractivity contribution >= 4 is 29.2 Å². The summed E-state index contributed by atoms with van der Waals surface area (Å²) in [5.74, 6) is -0.0414. The third-order valence-electron chi connectivity index (χ3n) is 5.10. The zero-order valence-electron chi connectivity index (χ0n) is 15.1. The monoisotopic (exact) mass is 379 g/mol. The molecule has 2 N–H and O–H groups in total. The number of nitrogens with zero attached hydrogens (tertiary/aromatic N) is 3. The Kier molecular flexibility index (Phi) is 6.34. The topological polar surface area (TPSA) is 67.9 Å². The second-order valence-corrected chi connectivity index (χ2v) is 7.15. The summed E-state index contributed by atoms with van der Waals surface area (Å²) in [5.41, 5.74) is 0.647. The van der Waals surface area contributed by atoms with Crippen molar-refractivity contribution in [1.29, 1.82) is 0 Å². The molecule has 3 rings (SSSR count). The maximum absolute atomic E-state index is 12.5. The van der Waals surface area contributed by atoms with Gasteiger partial charge in [0, 0.05) is 52.4 Å². The molecule has 0 unspecified atom stereocenters. The van der Waals surface area contributed by atoms with E-state index in [4.69, 9.17) is 11.6 Å². The van der Waals surface area contributed by atoms with Crippen LogP contribution in [0.2, 0.25) is 5.02 Å². The van der Waals surface area contributed by atoms with Crippen molar-refractivity contribution in [3.05, 3.63) is 29.3 Å². The SMILES string of the molecule is C[C@@H](C(=O)Nc1ccccc1Cl)N1CCN(CCN2CCNC2=O)CC1. The molecule has 142 valence electrons. The molecule has 2 heterocycles. The van der Waals surface area contributed by atoms with Crippen LogP contribution in [0.5, 0.6) is 0 Å². The Labute approximate surface area is 159 Å². The number of piperazine rings is 1. The molecule has 7 nitrogen and oxygen atoms in total. The summed E-state index contributed by atoms with van der Waals surface area (Å²) in [6.45, 7) is 8.57. The van der Waals surface area contributed by atoms with Gasteiger partial charge in [-0.2, -0.15) is 0 Å². The van der Waals surface area contributed by atoms with E-state index in [0.29, 0.717) is 10.7 Å². The van der Waals surface area contributed by atoms with E-state index in [-0.39, 0.29) is 18.0 Å². The van der Waals surface area contributed by atoms with Gasteiger partial charge in [0.1, 0.15) is 0 Å². The summed E-state index contributed by atoms with van der Waals surface area (Å²) >= 11 is 6.11. The van der Waals surface area contributed by atoms with Gasteiger partial charge in [-0.05, 0) is 19.1 Å². The molecule has 1 aromatic rings. The number of carbonyl (C=O) groups is 2.